The van der Waals surface area contributed by atoms with Gasteiger partial charge in [-0.1, -0.05) is 61.7 Å². The highest BCUT2D eigenvalue weighted by Gasteiger charge is 2.29. The second kappa shape index (κ2) is 10.3. The smallest absolute Gasteiger partial charge is 0.243 e. The van der Waals surface area contributed by atoms with Crippen LogP contribution in [0.3, 0.4) is 0 Å². The van der Waals surface area contributed by atoms with E-state index in [1.165, 1.54) is 19.3 Å². The molecule has 2 heterocycles. The Morgan fingerprint density at radius 2 is 1.49 bits per heavy atom. The molecule has 2 fully saturated rings. The van der Waals surface area contributed by atoms with E-state index in [0.29, 0.717) is 43.1 Å². The SMILES string of the molecule is Cc1cc(N2CCN(S(=O)(=O)c3ccc(-c4ccccc4)cc3)CC2)nc(NC2CCCCC2)n1. The lowest BCUT2D eigenvalue weighted by Gasteiger charge is -2.35. The van der Waals surface area contributed by atoms with Crippen molar-refractivity contribution in [1.82, 2.24) is 14.3 Å². The molecule has 2 aliphatic rings. The standard InChI is InChI=1S/C27H33N5O2S/c1-21-20-26(30-27(28-21)29-24-10-6-3-7-11-24)31-16-18-32(19-17-31)35(33,34)25-14-12-23(13-15-25)22-8-4-2-5-9-22/h2,4-5,8-9,12-15,20,24H,3,6-7,10-11,16-19H2,1H3,(H,28,29,30). The van der Waals surface area contributed by atoms with Crippen LogP contribution < -0.4 is 10.2 Å². The van der Waals surface area contributed by atoms with E-state index in [0.717, 1.165) is 35.5 Å². The fraction of sp³-hybridized carbons (Fsp3) is 0.407. The minimum atomic E-state index is -3.54. The van der Waals surface area contributed by atoms with Crippen molar-refractivity contribution in [1.29, 1.82) is 0 Å². The Balaban J connectivity index is 1.24. The van der Waals surface area contributed by atoms with Crippen molar-refractivity contribution in [3.63, 3.8) is 0 Å². The van der Waals surface area contributed by atoms with Gasteiger partial charge < -0.3 is 10.2 Å². The molecule has 184 valence electrons. The van der Waals surface area contributed by atoms with Crippen LogP contribution in [0.4, 0.5) is 11.8 Å². The van der Waals surface area contributed by atoms with E-state index in [1.807, 2.05) is 55.5 Å². The van der Waals surface area contributed by atoms with Crippen LogP contribution in [0.5, 0.6) is 0 Å². The van der Waals surface area contributed by atoms with Gasteiger partial charge in [-0.05, 0) is 43.0 Å². The summed E-state index contributed by atoms with van der Waals surface area (Å²) in [5, 5.41) is 3.52. The zero-order valence-corrected chi connectivity index (χ0v) is 21.0. The normalized spacial score (nSPS) is 17.9. The van der Waals surface area contributed by atoms with Crippen molar-refractivity contribution in [2.45, 2.75) is 50.0 Å². The number of anilines is 2. The molecule has 0 unspecified atom stereocenters. The first-order chi connectivity index (χ1) is 17.0. The molecule has 1 aliphatic carbocycles. The second-order valence-corrected chi connectivity index (χ2v) is 11.4. The first kappa shape index (κ1) is 23.8. The van der Waals surface area contributed by atoms with Gasteiger partial charge in [0.2, 0.25) is 16.0 Å². The first-order valence-electron chi connectivity index (χ1n) is 12.5. The molecule has 0 atom stereocenters. The average Bonchev–Trinajstić information content (AvgIpc) is 2.90. The quantitative estimate of drug-likeness (QED) is 0.538. The summed E-state index contributed by atoms with van der Waals surface area (Å²) in [5.74, 6) is 1.54. The zero-order valence-electron chi connectivity index (χ0n) is 20.2. The Morgan fingerprint density at radius 3 is 2.17 bits per heavy atom. The average molecular weight is 492 g/mol. The van der Waals surface area contributed by atoms with E-state index in [4.69, 9.17) is 4.98 Å². The monoisotopic (exact) mass is 491 g/mol. The van der Waals surface area contributed by atoms with E-state index in [-0.39, 0.29) is 0 Å². The molecule has 2 aromatic carbocycles. The third kappa shape index (κ3) is 5.49. The largest absolute Gasteiger partial charge is 0.354 e. The lowest BCUT2D eigenvalue weighted by molar-refractivity contribution is 0.383. The van der Waals surface area contributed by atoms with Gasteiger partial charge in [-0.3, -0.25) is 0 Å². The number of benzene rings is 2. The van der Waals surface area contributed by atoms with Crippen molar-refractivity contribution in [2.75, 3.05) is 36.4 Å². The van der Waals surface area contributed by atoms with Crippen LogP contribution in [0.15, 0.2) is 65.6 Å². The number of aromatic nitrogens is 2. The molecule has 5 rings (SSSR count). The van der Waals surface area contributed by atoms with Crippen LogP contribution in [0.1, 0.15) is 37.8 Å². The molecular formula is C27H33N5O2S. The first-order valence-corrected chi connectivity index (χ1v) is 14.0. The number of nitrogens with one attached hydrogen (secondary N) is 1. The molecule has 35 heavy (non-hydrogen) atoms. The molecule has 0 amide bonds. The molecule has 8 heteroatoms. The third-order valence-corrected chi connectivity index (χ3v) is 8.85. The topological polar surface area (TPSA) is 78.4 Å². The minimum Gasteiger partial charge on any atom is -0.354 e. The highest BCUT2D eigenvalue weighted by Crippen LogP contribution is 2.26. The number of sulfonamides is 1. The molecule has 1 aromatic heterocycles. The van der Waals surface area contributed by atoms with E-state index in [1.54, 1.807) is 16.4 Å². The van der Waals surface area contributed by atoms with Crippen molar-refractivity contribution < 1.29 is 8.42 Å². The molecule has 7 nitrogen and oxygen atoms in total. The number of nitrogens with zero attached hydrogens (tertiary/aromatic N) is 4. The third-order valence-electron chi connectivity index (χ3n) is 6.94. The Morgan fingerprint density at radius 1 is 0.829 bits per heavy atom. The number of rotatable bonds is 6. The summed E-state index contributed by atoms with van der Waals surface area (Å²) in [4.78, 5) is 11.9. The van der Waals surface area contributed by atoms with Crippen LogP contribution in [0.25, 0.3) is 11.1 Å². The summed E-state index contributed by atoms with van der Waals surface area (Å²) in [7, 11) is -3.54. The summed E-state index contributed by atoms with van der Waals surface area (Å²) >= 11 is 0. The van der Waals surface area contributed by atoms with E-state index >= 15 is 0 Å². The van der Waals surface area contributed by atoms with Gasteiger partial charge in [-0.25, -0.2) is 13.4 Å². The maximum atomic E-state index is 13.3. The Kier molecular flexibility index (Phi) is 7.02. The van der Waals surface area contributed by atoms with E-state index in [9.17, 15) is 8.42 Å². The summed E-state index contributed by atoms with van der Waals surface area (Å²) in [6.07, 6.45) is 6.14. The summed E-state index contributed by atoms with van der Waals surface area (Å²) in [6, 6.07) is 19.6. The van der Waals surface area contributed by atoms with Gasteiger partial charge in [0.05, 0.1) is 4.90 Å². The van der Waals surface area contributed by atoms with Crippen molar-refractivity contribution in [3.8, 4) is 11.1 Å². The van der Waals surface area contributed by atoms with Crippen molar-refractivity contribution in [3.05, 3.63) is 66.4 Å². The second-order valence-electron chi connectivity index (χ2n) is 9.45. The highest BCUT2D eigenvalue weighted by molar-refractivity contribution is 7.89. The van der Waals surface area contributed by atoms with Crippen molar-refractivity contribution in [2.24, 2.45) is 0 Å². The molecule has 3 aromatic rings. The van der Waals surface area contributed by atoms with Gasteiger partial charge in [-0.2, -0.15) is 9.29 Å². The minimum absolute atomic E-state index is 0.336. The van der Waals surface area contributed by atoms with Gasteiger partial charge in [-0.15, -0.1) is 0 Å². The number of hydrogen-bond acceptors (Lipinski definition) is 6. The molecule has 1 N–H and O–H groups in total. The van der Waals surface area contributed by atoms with E-state index < -0.39 is 10.0 Å². The van der Waals surface area contributed by atoms with Gasteiger partial charge in [0, 0.05) is 44.0 Å². The summed E-state index contributed by atoms with van der Waals surface area (Å²) in [5.41, 5.74) is 3.00. The fourth-order valence-electron chi connectivity index (χ4n) is 4.96. The van der Waals surface area contributed by atoms with Gasteiger partial charge in [0.15, 0.2) is 0 Å². The number of aryl methyl sites for hydroxylation is 1. The maximum absolute atomic E-state index is 13.3. The lowest BCUT2D eigenvalue weighted by Crippen LogP contribution is -2.49. The zero-order chi connectivity index (χ0) is 24.3. The highest BCUT2D eigenvalue weighted by atomic mass is 32.2. The van der Waals surface area contributed by atoms with E-state index in [2.05, 4.69) is 15.2 Å². The van der Waals surface area contributed by atoms with Gasteiger partial charge >= 0.3 is 0 Å². The Bertz CT molecular complexity index is 1230. The predicted octanol–water partition coefficient (Wildman–Crippen LogP) is 4.71. The Hall–Kier alpha value is -2.97. The fourth-order valence-corrected chi connectivity index (χ4v) is 6.39. The number of hydrogen-bond donors (Lipinski definition) is 1. The van der Waals surface area contributed by atoms with Crippen LogP contribution in [0, 0.1) is 6.92 Å². The molecule has 0 radical (unpaired) electrons. The number of piperazine rings is 1. The van der Waals surface area contributed by atoms with Crippen molar-refractivity contribution >= 4 is 21.8 Å². The summed E-state index contributed by atoms with van der Waals surface area (Å²) < 4.78 is 28.1. The van der Waals surface area contributed by atoms with Crippen LogP contribution in [0.2, 0.25) is 0 Å². The predicted molar refractivity (Wildman–Crippen MR) is 140 cm³/mol. The molecule has 0 spiro atoms. The summed E-state index contributed by atoms with van der Waals surface area (Å²) in [6.45, 7) is 4.03. The van der Waals surface area contributed by atoms with Crippen LogP contribution in [-0.4, -0.2) is 54.9 Å². The van der Waals surface area contributed by atoms with Crippen LogP contribution >= 0.6 is 0 Å². The maximum Gasteiger partial charge on any atom is 0.243 e. The molecule has 1 aliphatic heterocycles. The van der Waals surface area contributed by atoms with Gasteiger partial charge in [0.25, 0.3) is 0 Å². The van der Waals surface area contributed by atoms with Crippen LogP contribution in [-0.2, 0) is 10.0 Å². The molecular weight excluding hydrogens is 458 g/mol. The molecule has 1 saturated heterocycles. The molecule has 0 bridgehead atoms. The molecule has 1 saturated carbocycles. The lowest BCUT2D eigenvalue weighted by atomic mass is 9.96. The van der Waals surface area contributed by atoms with Gasteiger partial charge in [0.1, 0.15) is 5.82 Å². The Labute approximate surface area is 208 Å².